The van der Waals surface area contributed by atoms with Gasteiger partial charge in [-0.25, -0.2) is 4.98 Å². The fraction of sp³-hybridized carbons (Fsp3) is 0.167. The van der Waals surface area contributed by atoms with E-state index in [1.54, 1.807) is 56.5 Å². The smallest absolute Gasteiger partial charge is 0.262 e. The Bertz CT molecular complexity index is 1500. The van der Waals surface area contributed by atoms with E-state index >= 15 is 0 Å². The number of pyridine rings is 1. The lowest BCUT2D eigenvalue weighted by molar-refractivity contribution is 0.105. The van der Waals surface area contributed by atoms with Crippen molar-refractivity contribution in [2.24, 2.45) is 0 Å². The lowest BCUT2D eigenvalue weighted by Gasteiger charge is -2.16. The van der Waals surface area contributed by atoms with Crippen molar-refractivity contribution in [2.45, 2.75) is 13.0 Å². The maximum atomic E-state index is 12.7. The molecule has 1 atom stereocenters. The summed E-state index contributed by atoms with van der Waals surface area (Å²) in [5, 5.41) is 22.7. The lowest BCUT2D eigenvalue weighted by atomic mass is 10.1. The van der Waals surface area contributed by atoms with Gasteiger partial charge in [0.15, 0.2) is 0 Å². The number of aromatic nitrogens is 3. The molecule has 2 aromatic heterocycles. The molecule has 0 aliphatic heterocycles. The summed E-state index contributed by atoms with van der Waals surface area (Å²) in [5.74, 6) is 0.298. The molecule has 2 heterocycles. The summed E-state index contributed by atoms with van der Waals surface area (Å²) in [6, 6.07) is 11.7. The van der Waals surface area contributed by atoms with Gasteiger partial charge in [-0.2, -0.15) is 5.26 Å². The molecule has 1 unspecified atom stereocenters. The highest BCUT2D eigenvalue weighted by Gasteiger charge is 2.18. The number of anilines is 1. The van der Waals surface area contributed by atoms with Gasteiger partial charge in [0.25, 0.3) is 11.3 Å². The third-order valence-electron chi connectivity index (χ3n) is 5.39. The summed E-state index contributed by atoms with van der Waals surface area (Å²) in [7, 11) is 1.56. The molecule has 9 nitrogen and oxygen atoms in total. The van der Waals surface area contributed by atoms with E-state index in [1.807, 2.05) is 0 Å². The molecule has 4 aromatic rings. The van der Waals surface area contributed by atoms with Gasteiger partial charge in [0, 0.05) is 18.3 Å². The number of halogens is 1. The second-order valence-electron chi connectivity index (χ2n) is 7.60. The zero-order chi connectivity index (χ0) is 24.4. The third kappa shape index (κ3) is 4.44. The highest BCUT2D eigenvalue weighted by molar-refractivity contribution is 9.10. The van der Waals surface area contributed by atoms with Gasteiger partial charge in [0.1, 0.15) is 23.2 Å². The number of Topliss-reactive ketones (excluding diaryl/α,β-unsaturated/α-hetero) is 1. The van der Waals surface area contributed by atoms with Gasteiger partial charge in [0.05, 0.1) is 34.4 Å². The Morgan fingerprint density at radius 1 is 1.32 bits per heavy atom. The monoisotopic (exact) mass is 521 g/mol. The second-order valence-corrected chi connectivity index (χ2v) is 8.46. The van der Waals surface area contributed by atoms with Crippen LogP contribution in [0.25, 0.3) is 22.4 Å². The zero-order valence-corrected chi connectivity index (χ0v) is 19.9. The number of rotatable bonds is 7. The summed E-state index contributed by atoms with van der Waals surface area (Å²) in [6.07, 6.45) is 0.647. The van der Waals surface area contributed by atoms with E-state index in [2.05, 4.69) is 36.2 Å². The first kappa shape index (κ1) is 23.2. The molecule has 172 valence electrons. The Balaban J connectivity index is 1.66. The molecule has 4 N–H and O–H groups in total. The molecule has 0 spiro atoms. The van der Waals surface area contributed by atoms with E-state index in [1.165, 1.54) is 6.20 Å². The predicted octanol–water partition coefficient (Wildman–Crippen LogP) is 3.85. The Morgan fingerprint density at radius 3 is 2.82 bits per heavy atom. The van der Waals surface area contributed by atoms with Crippen LogP contribution in [0.3, 0.4) is 0 Å². The number of imidazole rings is 1. The molecule has 0 bridgehead atoms. The number of ether oxygens (including phenoxy) is 1. The number of aromatic amines is 2. The number of hydrogen-bond donors (Lipinski definition) is 4. The SMILES string of the molecule is COc1ccc(C(O)CNc2cc[nH]c(=O)c2-c2nc3c(C)cc(C(=O)C#N)cc3[nH]2)cc1Br. The summed E-state index contributed by atoms with van der Waals surface area (Å²) < 4.78 is 5.94. The van der Waals surface area contributed by atoms with Gasteiger partial charge in [-0.3, -0.25) is 9.59 Å². The molecule has 0 saturated carbocycles. The zero-order valence-electron chi connectivity index (χ0n) is 18.3. The van der Waals surface area contributed by atoms with Gasteiger partial charge in [-0.05, 0) is 64.3 Å². The first-order chi connectivity index (χ1) is 16.3. The number of hydrogen-bond acceptors (Lipinski definition) is 7. The van der Waals surface area contributed by atoms with Crippen molar-refractivity contribution in [3.63, 3.8) is 0 Å². The molecule has 4 rings (SSSR count). The van der Waals surface area contributed by atoms with Crippen LogP contribution in [0, 0.1) is 18.3 Å². The van der Waals surface area contributed by atoms with Gasteiger partial charge in [0.2, 0.25) is 0 Å². The van der Waals surface area contributed by atoms with Gasteiger partial charge in [-0.15, -0.1) is 0 Å². The molecule has 0 saturated heterocycles. The van der Waals surface area contributed by atoms with Crippen molar-refractivity contribution < 1.29 is 14.6 Å². The molecule has 0 amide bonds. The number of aliphatic hydroxyl groups excluding tert-OH is 1. The van der Waals surface area contributed by atoms with Crippen LogP contribution in [0.1, 0.15) is 27.6 Å². The minimum atomic E-state index is -0.855. The van der Waals surface area contributed by atoms with Crippen molar-refractivity contribution in [3.8, 4) is 23.2 Å². The van der Waals surface area contributed by atoms with Crippen LogP contribution in [-0.2, 0) is 0 Å². The number of benzene rings is 2. The van der Waals surface area contributed by atoms with E-state index in [0.29, 0.717) is 39.4 Å². The fourth-order valence-corrected chi connectivity index (χ4v) is 4.24. The lowest BCUT2D eigenvalue weighted by Crippen LogP contribution is -2.17. The van der Waals surface area contributed by atoms with Crippen molar-refractivity contribution in [1.82, 2.24) is 15.0 Å². The minimum Gasteiger partial charge on any atom is -0.496 e. The average molecular weight is 522 g/mol. The maximum Gasteiger partial charge on any atom is 0.262 e. The van der Waals surface area contributed by atoms with Crippen LogP contribution < -0.4 is 15.6 Å². The van der Waals surface area contributed by atoms with E-state index in [4.69, 9.17) is 10.00 Å². The van der Waals surface area contributed by atoms with Crippen LogP contribution >= 0.6 is 15.9 Å². The van der Waals surface area contributed by atoms with Gasteiger partial charge >= 0.3 is 0 Å². The largest absolute Gasteiger partial charge is 0.496 e. The number of carbonyl (C=O) groups excluding carboxylic acids is 1. The molecule has 0 aliphatic rings. The Labute approximate surface area is 202 Å². The predicted molar refractivity (Wildman–Crippen MR) is 131 cm³/mol. The van der Waals surface area contributed by atoms with Gasteiger partial charge in [-0.1, -0.05) is 6.07 Å². The minimum absolute atomic E-state index is 0.134. The van der Waals surface area contributed by atoms with Crippen molar-refractivity contribution in [1.29, 1.82) is 5.26 Å². The van der Waals surface area contributed by atoms with E-state index < -0.39 is 11.9 Å². The van der Waals surface area contributed by atoms with E-state index in [-0.39, 0.29) is 23.2 Å². The Hall–Kier alpha value is -3.94. The highest BCUT2D eigenvalue weighted by Crippen LogP contribution is 2.30. The number of nitrogens with one attached hydrogen (secondary N) is 3. The number of aliphatic hydroxyl groups is 1. The molecule has 0 aliphatic carbocycles. The summed E-state index contributed by atoms with van der Waals surface area (Å²) in [4.78, 5) is 34.8. The second kappa shape index (κ2) is 9.51. The van der Waals surface area contributed by atoms with Crippen molar-refractivity contribution in [2.75, 3.05) is 19.0 Å². The number of aryl methyl sites for hydroxylation is 1. The normalized spacial score (nSPS) is 11.7. The summed E-state index contributed by atoms with van der Waals surface area (Å²) in [6.45, 7) is 1.91. The average Bonchev–Trinajstić information content (AvgIpc) is 3.26. The van der Waals surface area contributed by atoms with Crippen LogP contribution in [0.2, 0.25) is 0 Å². The number of nitrogens with zero attached hydrogens (tertiary/aromatic N) is 2. The molecular formula is C24H20BrN5O4. The molecule has 10 heteroatoms. The quantitative estimate of drug-likeness (QED) is 0.213. The Kier molecular flexibility index (Phi) is 6.49. The van der Waals surface area contributed by atoms with Gasteiger partial charge < -0.3 is 25.1 Å². The maximum absolute atomic E-state index is 12.7. The van der Waals surface area contributed by atoms with Crippen molar-refractivity contribution in [3.05, 3.63) is 74.1 Å². The fourth-order valence-electron chi connectivity index (χ4n) is 3.68. The number of fused-ring (bicyclic) bond motifs is 1. The highest BCUT2D eigenvalue weighted by atomic mass is 79.9. The number of H-pyrrole nitrogens is 2. The number of methoxy groups -OCH3 is 1. The first-order valence-electron chi connectivity index (χ1n) is 10.2. The molecule has 2 aromatic carbocycles. The molecule has 34 heavy (non-hydrogen) atoms. The number of nitriles is 1. The standard InChI is InChI=1S/C24H20BrN5O4/c1-12-7-14(18(31)10-26)9-17-22(12)30-23(29-17)21-16(5-6-27-24(21)33)28-11-19(32)13-3-4-20(34-2)15(25)8-13/h3-9,19,32H,11H2,1-2H3,(H,29,30)(H2,27,28,33). The Morgan fingerprint density at radius 2 is 2.12 bits per heavy atom. The third-order valence-corrected chi connectivity index (χ3v) is 6.00. The first-order valence-corrected chi connectivity index (χ1v) is 11.0. The molecule has 0 radical (unpaired) electrons. The summed E-state index contributed by atoms with van der Waals surface area (Å²) >= 11 is 3.41. The van der Waals surface area contributed by atoms with Crippen LogP contribution in [0.4, 0.5) is 5.69 Å². The molecule has 0 fully saturated rings. The number of carbonyl (C=O) groups is 1. The number of ketones is 1. The van der Waals surface area contributed by atoms with Crippen LogP contribution in [0.5, 0.6) is 5.75 Å². The topological polar surface area (TPSA) is 144 Å². The summed E-state index contributed by atoms with van der Waals surface area (Å²) in [5.41, 5.74) is 3.08. The van der Waals surface area contributed by atoms with E-state index in [0.717, 1.165) is 4.47 Å². The van der Waals surface area contributed by atoms with Crippen LogP contribution in [-0.4, -0.2) is 39.5 Å². The van der Waals surface area contributed by atoms with Crippen LogP contribution in [0.15, 0.2) is 51.9 Å². The van der Waals surface area contributed by atoms with Crippen molar-refractivity contribution >= 4 is 38.4 Å². The molecular weight excluding hydrogens is 502 g/mol. The van der Waals surface area contributed by atoms with E-state index in [9.17, 15) is 14.7 Å².